The summed E-state index contributed by atoms with van der Waals surface area (Å²) in [5.74, 6) is 0.420. The lowest BCUT2D eigenvalue weighted by molar-refractivity contribution is 0.347. The molecule has 1 aliphatic carbocycles. The summed E-state index contributed by atoms with van der Waals surface area (Å²) in [5, 5.41) is 0. The lowest BCUT2D eigenvalue weighted by atomic mass is 10.1. The molecule has 1 aromatic heterocycles. The van der Waals surface area contributed by atoms with Gasteiger partial charge in [-0.25, -0.2) is 13.4 Å². The van der Waals surface area contributed by atoms with Gasteiger partial charge in [0.05, 0.1) is 21.5 Å². The van der Waals surface area contributed by atoms with Gasteiger partial charge in [0.2, 0.25) is 10.0 Å². The van der Waals surface area contributed by atoms with Crippen molar-refractivity contribution >= 4 is 21.1 Å². The number of hydrogen-bond acceptors (Lipinski definition) is 5. The summed E-state index contributed by atoms with van der Waals surface area (Å²) in [6.07, 6.45) is 0.802. The van der Waals surface area contributed by atoms with Crippen molar-refractivity contribution in [3.63, 3.8) is 0 Å². The quantitative estimate of drug-likeness (QED) is 0.512. The molecule has 3 aliphatic rings. The molecular formula is C22H23N5O3S. The second-order valence-corrected chi connectivity index (χ2v) is 9.83. The molecule has 160 valence electrons. The molecule has 0 atom stereocenters. The fourth-order valence-corrected chi connectivity index (χ4v) is 5.59. The average molecular weight is 438 g/mol. The van der Waals surface area contributed by atoms with Crippen LogP contribution in [0.5, 0.6) is 0 Å². The topological polar surface area (TPSA) is 102 Å². The van der Waals surface area contributed by atoms with Crippen LogP contribution in [-0.4, -0.2) is 65.8 Å². The van der Waals surface area contributed by atoms with Crippen LogP contribution in [0.2, 0.25) is 0 Å². The summed E-state index contributed by atoms with van der Waals surface area (Å²) in [6.45, 7) is 2.57. The smallest absolute Gasteiger partial charge is 0.260 e. The number of hydrogen-bond donors (Lipinski definition) is 2. The molecule has 0 radical (unpaired) electrons. The maximum Gasteiger partial charge on any atom is 0.260 e. The van der Waals surface area contributed by atoms with E-state index in [1.807, 2.05) is 37.4 Å². The van der Waals surface area contributed by atoms with Crippen LogP contribution in [0.25, 0.3) is 33.7 Å². The molecule has 1 fully saturated rings. The highest BCUT2D eigenvalue weighted by atomic mass is 32.2. The molecule has 0 bridgehead atoms. The summed E-state index contributed by atoms with van der Waals surface area (Å²) >= 11 is 0. The lowest BCUT2D eigenvalue weighted by Crippen LogP contribution is -2.34. The molecule has 0 spiro atoms. The third-order valence-electron chi connectivity index (χ3n) is 5.79. The van der Waals surface area contributed by atoms with Crippen LogP contribution >= 0.6 is 0 Å². The third-order valence-corrected chi connectivity index (χ3v) is 7.68. The number of imidazole rings is 1. The molecule has 0 unspecified atom stereocenters. The molecule has 3 heterocycles. The van der Waals surface area contributed by atoms with Gasteiger partial charge in [-0.2, -0.15) is 4.31 Å². The van der Waals surface area contributed by atoms with Crippen LogP contribution in [0.15, 0.2) is 58.2 Å². The van der Waals surface area contributed by atoms with E-state index in [1.165, 1.54) is 0 Å². The van der Waals surface area contributed by atoms with E-state index in [9.17, 15) is 13.2 Å². The Hall–Kier alpha value is -3.01. The molecule has 31 heavy (non-hydrogen) atoms. The number of aromatic amines is 2. The van der Waals surface area contributed by atoms with Gasteiger partial charge >= 0.3 is 0 Å². The number of nitrogens with one attached hydrogen (secondary N) is 2. The van der Waals surface area contributed by atoms with E-state index in [1.54, 1.807) is 22.5 Å². The minimum atomic E-state index is -3.61. The second kappa shape index (κ2) is 7.60. The highest BCUT2D eigenvalue weighted by Gasteiger charge is 2.27. The SMILES string of the molecule is CN1CCCN(S(=O)(=O)c2ccc3nc(-c4c5cccccc-5[nH]c4=O)[nH]c3c2)CC1. The molecule has 2 N–H and O–H groups in total. The molecule has 1 aromatic carbocycles. The van der Waals surface area contributed by atoms with Crippen LogP contribution in [0.3, 0.4) is 0 Å². The van der Waals surface area contributed by atoms with Crippen LogP contribution in [0.4, 0.5) is 0 Å². The molecular weight excluding hydrogens is 414 g/mol. The summed E-state index contributed by atoms with van der Waals surface area (Å²) in [7, 11) is -1.60. The van der Waals surface area contributed by atoms with Gasteiger partial charge in [0, 0.05) is 30.9 Å². The van der Waals surface area contributed by atoms with Crippen molar-refractivity contribution in [2.24, 2.45) is 0 Å². The van der Waals surface area contributed by atoms with Crippen molar-refractivity contribution in [3.8, 4) is 22.6 Å². The van der Waals surface area contributed by atoms with E-state index in [-0.39, 0.29) is 10.5 Å². The van der Waals surface area contributed by atoms with Crippen molar-refractivity contribution in [2.45, 2.75) is 11.3 Å². The number of likely N-dealkylation sites (N-methyl/N-ethyl adjacent to an activating group) is 1. The van der Waals surface area contributed by atoms with Gasteiger partial charge in [-0.3, -0.25) is 4.79 Å². The van der Waals surface area contributed by atoms with Crippen molar-refractivity contribution in [1.29, 1.82) is 0 Å². The van der Waals surface area contributed by atoms with E-state index < -0.39 is 10.0 Å². The summed E-state index contributed by atoms with van der Waals surface area (Å²) in [4.78, 5) is 25.5. The molecule has 2 aromatic rings. The van der Waals surface area contributed by atoms with Crippen LogP contribution in [-0.2, 0) is 10.0 Å². The fourth-order valence-electron chi connectivity index (χ4n) is 4.10. The highest BCUT2D eigenvalue weighted by molar-refractivity contribution is 7.89. The molecule has 1 saturated heterocycles. The largest absolute Gasteiger partial charge is 0.338 e. The Morgan fingerprint density at radius 3 is 2.68 bits per heavy atom. The van der Waals surface area contributed by atoms with Gasteiger partial charge in [0.1, 0.15) is 5.82 Å². The van der Waals surface area contributed by atoms with Crippen LogP contribution in [0.1, 0.15) is 6.42 Å². The van der Waals surface area contributed by atoms with Crippen molar-refractivity contribution in [3.05, 3.63) is 58.9 Å². The summed E-state index contributed by atoms with van der Waals surface area (Å²) in [6, 6.07) is 14.2. The van der Waals surface area contributed by atoms with E-state index >= 15 is 0 Å². The van der Waals surface area contributed by atoms with Gasteiger partial charge in [-0.1, -0.05) is 24.3 Å². The van der Waals surface area contributed by atoms with Crippen molar-refractivity contribution in [1.82, 2.24) is 24.2 Å². The predicted octanol–water partition coefficient (Wildman–Crippen LogP) is 2.35. The summed E-state index contributed by atoms with van der Waals surface area (Å²) < 4.78 is 28.0. The number of sulfonamides is 1. The first-order valence-corrected chi connectivity index (χ1v) is 11.7. The van der Waals surface area contributed by atoms with E-state index in [0.717, 1.165) is 24.2 Å². The Bertz CT molecular complexity index is 1390. The predicted molar refractivity (Wildman–Crippen MR) is 120 cm³/mol. The van der Waals surface area contributed by atoms with Gasteiger partial charge in [-0.05, 0) is 44.3 Å². The molecule has 8 nitrogen and oxygen atoms in total. The molecule has 0 amide bonds. The minimum Gasteiger partial charge on any atom is -0.338 e. The number of fused-ring (bicyclic) bond motifs is 2. The zero-order valence-corrected chi connectivity index (χ0v) is 17.9. The Labute approximate surface area is 179 Å². The van der Waals surface area contributed by atoms with Gasteiger partial charge in [0.25, 0.3) is 5.56 Å². The lowest BCUT2D eigenvalue weighted by Gasteiger charge is -2.20. The zero-order chi connectivity index (χ0) is 21.6. The third kappa shape index (κ3) is 3.54. The molecule has 5 rings (SSSR count). The normalized spacial score (nSPS) is 16.7. The Morgan fingerprint density at radius 2 is 1.81 bits per heavy atom. The monoisotopic (exact) mass is 437 g/mol. The second-order valence-electron chi connectivity index (χ2n) is 7.89. The first kappa shape index (κ1) is 19.9. The Morgan fingerprint density at radius 1 is 0.968 bits per heavy atom. The number of rotatable bonds is 3. The standard InChI is InChI=1S/C22H23N5O3S/c1-26-10-5-11-27(13-12-26)31(29,30)15-8-9-18-19(14-15)24-21(23-18)20-16-6-3-2-4-7-17(16)25-22(20)28/h2-4,6-9,14H,5,10-13H2,1H3,(H,23,24)(H,25,28). The van der Waals surface area contributed by atoms with E-state index in [4.69, 9.17) is 0 Å². The van der Waals surface area contributed by atoms with Crippen molar-refractivity contribution in [2.75, 3.05) is 33.2 Å². The first-order valence-electron chi connectivity index (χ1n) is 10.2. The average Bonchev–Trinajstić information content (AvgIpc) is 3.09. The van der Waals surface area contributed by atoms with Crippen molar-refractivity contribution < 1.29 is 8.42 Å². The van der Waals surface area contributed by atoms with Crippen LogP contribution in [0, 0.1) is 0 Å². The van der Waals surface area contributed by atoms with Crippen LogP contribution < -0.4 is 5.56 Å². The van der Waals surface area contributed by atoms with Gasteiger partial charge in [-0.15, -0.1) is 0 Å². The summed E-state index contributed by atoms with van der Waals surface area (Å²) in [5.41, 5.74) is 2.88. The van der Waals surface area contributed by atoms with E-state index in [2.05, 4.69) is 19.9 Å². The zero-order valence-electron chi connectivity index (χ0n) is 17.1. The number of H-pyrrole nitrogens is 2. The number of aromatic nitrogens is 3. The maximum atomic E-state index is 13.2. The number of nitrogens with zero attached hydrogens (tertiary/aromatic N) is 3. The van der Waals surface area contributed by atoms with E-state index in [0.29, 0.717) is 42.1 Å². The highest BCUT2D eigenvalue weighted by Crippen LogP contribution is 2.30. The van der Waals surface area contributed by atoms with Gasteiger partial charge < -0.3 is 14.9 Å². The molecule has 0 saturated carbocycles. The minimum absolute atomic E-state index is 0.229. The first-order chi connectivity index (χ1) is 14.9. The van der Waals surface area contributed by atoms with Gasteiger partial charge in [0.15, 0.2) is 0 Å². The molecule has 2 aliphatic heterocycles. The molecule has 9 heteroatoms. The Kier molecular flexibility index (Phi) is 4.88. The Balaban J connectivity index is 1.55. The maximum absolute atomic E-state index is 13.2. The number of benzene rings is 1. The fraction of sp³-hybridized carbons (Fsp3) is 0.273.